The number of nitrogens with one attached hydrogen (secondary N) is 1. The third-order valence-corrected chi connectivity index (χ3v) is 7.36. The molecule has 0 radical (unpaired) electrons. The maximum atomic E-state index is 5.41. The molecule has 0 amide bonds. The van der Waals surface area contributed by atoms with Crippen molar-refractivity contribution in [2.45, 2.75) is 38.5 Å². The van der Waals surface area contributed by atoms with Gasteiger partial charge in [-0.25, -0.2) is 14.6 Å². The second kappa shape index (κ2) is 8.27. The molecule has 1 aromatic carbocycles. The highest BCUT2D eigenvalue weighted by molar-refractivity contribution is 5.95. The van der Waals surface area contributed by atoms with E-state index in [2.05, 4.69) is 59.0 Å². The van der Waals surface area contributed by atoms with Gasteiger partial charge in [-0.15, -0.1) is 5.10 Å². The first-order chi connectivity index (χ1) is 18.4. The summed E-state index contributed by atoms with van der Waals surface area (Å²) >= 11 is 0. The fourth-order valence-electron chi connectivity index (χ4n) is 5.44. The van der Waals surface area contributed by atoms with Crippen molar-refractivity contribution < 1.29 is 4.74 Å². The first kappa shape index (κ1) is 22.7. The number of aromatic amines is 1. The molecule has 0 bridgehead atoms. The molecule has 5 aromatic heterocycles. The normalized spacial score (nSPS) is 13.8. The minimum absolute atomic E-state index is 0.229. The van der Waals surface area contributed by atoms with Crippen molar-refractivity contribution in [3.8, 4) is 34.2 Å². The second-order valence-corrected chi connectivity index (χ2v) is 10.4. The molecule has 10 heteroatoms. The van der Waals surface area contributed by atoms with Crippen molar-refractivity contribution >= 4 is 21.9 Å². The van der Waals surface area contributed by atoms with Gasteiger partial charge in [0.25, 0.3) is 5.88 Å². The van der Waals surface area contributed by atoms with E-state index in [-0.39, 0.29) is 5.92 Å². The topological polar surface area (TPSA) is 104 Å². The lowest BCUT2D eigenvalue weighted by atomic mass is 10.0. The molecular formula is C28H29N9O. The lowest BCUT2D eigenvalue weighted by molar-refractivity contribution is 0.394. The minimum atomic E-state index is 0.229. The van der Waals surface area contributed by atoms with Gasteiger partial charge in [-0.1, -0.05) is 26.0 Å². The lowest BCUT2D eigenvalue weighted by Gasteiger charge is -2.12. The van der Waals surface area contributed by atoms with Gasteiger partial charge in [0.2, 0.25) is 0 Å². The molecule has 1 saturated carbocycles. The van der Waals surface area contributed by atoms with Crippen LogP contribution in [0.25, 0.3) is 50.3 Å². The number of rotatable bonds is 6. The molecule has 1 fully saturated rings. The number of imidazole rings is 1. The van der Waals surface area contributed by atoms with Crippen molar-refractivity contribution in [1.29, 1.82) is 0 Å². The van der Waals surface area contributed by atoms with Crippen LogP contribution in [-0.2, 0) is 14.1 Å². The molecule has 0 aliphatic heterocycles. The molecule has 6 aromatic rings. The number of benzene rings is 1. The van der Waals surface area contributed by atoms with E-state index in [9.17, 15) is 0 Å². The number of ether oxygens (including phenoxy) is 1. The average molecular weight is 508 g/mol. The highest BCUT2D eigenvalue weighted by Gasteiger charge is 2.33. The molecule has 5 heterocycles. The Morgan fingerprint density at radius 1 is 1.05 bits per heavy atom. The molecule has 0 spiro atoms. The molecule has 192 valence electrons. The summed E-state index contributed by atoms with van der Waals surface area (Å²) in [6.07, 6.45) is 8.18. The van der Waals surface area contributed by atoms with Crippen LogP contribution in [0.2, 0.25) is 0 Å². The number of fused-ring (bicyclic) bond motifs is 2. The van der Waals surface area contributed by atoms with E-state index in [1.807, 2.05) is 34.9 Å². The molecule has 38 heavy (non-hydrogen) atoms. The maximum absolute atomic E-state index is 5.41. The molecule has 0 atom stereocenters. The van der Waals surface area contributed by atoms with E-state index < -0.39 is 0 Å². The summed E-state index contributed by atoms with van der Waals surface area (Å²) in [5.41, 5.74) is 7.83. The summed E-state index contributed by atoms with van der Waals surface area (Å²) in [4.78, 5) is 10.3. The predicted molar refractivity (Wildman–Crippen MR) is 146 cm³/mol. The molecule has 0 unspecified atom stereocenters. The van der Waals surface area contributed by atoms with Crippen molar-refractivity contribution in [3.05, 3.63) is 54.2 Å². The van der Waals surface area contributed by atoms with Gasteiger partial charge in [-0.3, -0.25) is 9.78 Å². The summed E-state index contributed by atoms with van der Waals surface area (Å²) in [5.74, 6) is 2.16. The third kappa shape index (κ3) is 3.43. The molecule has 1 aliphatic rings. The largest absolute Gasteiger partial charge is 0.478 e. The Morgan fingerprint density at radius 3 is 2.66 bits per heavy atom. The van der Waals surface area contributed by atoms with Crippen LogP contribution in [0.5, 0.6) is 5.88 Å². The fraction of sp³-hybridized carbons (Fsp3) is 0.321. The number of H-pyrrole nitrogens is 1. The highest BCUT2D eigenvalue weighted by Crippen LogP contribution is 2.47. The van der Waals surface area contributed by atoms with E-state index in [4.69, 9.17) is 19.8 Å². The second-order valence-electron chi connectivity index (χ2n) is 10.4. The quantitative estimate of drug-likeness (QED) is 0.336. The van der Waals surface area contributed by atoms with Crippen LogP contribution in [0, 0.1) is 0 Å². The minimum Gasteiger partial charge on any atom is -0.478 e. The van der Waals surface area contributed by atoms with Gasteiger partial charge in [-0.05, 0) is 30.9 Å². The molecule has 10 nitrogen and oxygen atoms in total. The lowest BCUT2D eigenvalue weighted by Crippen LogP contribution is -2.03. The summed E-state index contributed by atoms with van der Waals surface area (Å²) in [6.45, 7) is 4.34. The number of methoxy groups -OCH3 is 1. The van der Waals surface area contributed by atoms with Gasteiger partial charge in [0.05, 0.1) is 30.2 Å². The molecule has 7 rings (SSSR count). The number of hydrogen-bond donors (Lipinski definition) is 1. The zero-order valence-corrected chi connectivity index (χ0v) is 22.1. The first-order valence-corrected chi connectivity index (χ1v) is 12.9. The van der Waals surface area contributed by atoms with Crippen LogP contribution in [-0.4, -0.2) is 51.4 Å². The van der Waals surface area contributed by atoms with E-state index in [1.54, 1.807) is 13.3 Å². The fourth-order valence-corrected chi connectivity index (χ4v) is 5.44. The van der Waals surface area contributed by atoms with Crippen molar-refractivity contribution in [2.75, 3.05) is 7.11 Å². The van der Waals surface area contributed by atoms with E-state index >= 15 is 0 Å². The first-order valence-electron chi connectivity index (χ1n) is 12.9. The van der Waals surface area contributed by atoms with Crippen molar-refractivity contribution in [3.63, 3.8) is 0 Å². The SMILES string of the molecule is COc1n[nH]cc1-n1cc2c(-c3nc(-c4cc5cn(C)nc5nc4C(C)C)n(C)c3C3CC3)cccc2n1. The monoisotopic (exact) mass is 507 g/mol. The summed E-state index contributed by atoms with van der Waals surface area (Å²) in [7, 11) is 5.67. The van der Waals surface area contributed by atoms with Crippen LogP contribution in [0.15, 0.2) is 42.9 Å². The smallest absolute Gasteiger partial charge is 0.258 e. The number of hydrogen-bond acceptors (Lipinski definition) is 6. The Kier molecular flexibility index (Phi) is 4.94. The van der Waals surface area contributed by atoms with Gasteiger partial charge in [0.15, 0.2) is 5.65 Å². The van der Waals surface area contributed by atoms with Crippen LogP contribution < -0.4 is 4.74 Å². The predicted octanol–water partition coefficient (Wildman–Crippen LogP) is 5.11. The Hall–Kier alpha value is -4.47. The molecular weight excluding hydrogens is 478 g/mol. The van der Waals surface area contributed by atoms with Gasteiger partial charge in [0, 0.05) is 60.0 Å². The maximum Gasteiger partial charge on any atom is 0.258 e. The number of nitrogens with zero attached hydrogens (tertiary/aromatic N) is 8. The van der Waals surface area contributed by atoms with Crippen LogP contribution in [0.4, 0.5) is 0 Å². The summed E-state index contributed by atoms with van der Waals surface area (Å²) in [5, 5.41) is 18.5. The van der Waals surface area contributed by atoms with E-state index in [0.29, 0.717) is 11.8 Å². The summed E-state index contributed by atoms with van der Waals surface area (Å²) in [6, 6.07) is 8.41. The zero-order chi connectivity index (χ0) is 26.1. The van der Waals surface area contributed by atoms with Gasteiger partial charge >= 0.3 is 0 Å². The number of aryl methyl sites for hydroxylation is 1. The summed E-state index contributed by atoms with van der Waals surface area (Å²) < 4.78 is 11.3. The highest BCUT2D eigenvalue weighted by atomic mass is 16.5. The Morgan fingerprint density at radius 2 is 1.89 bits per heavy atom. The molecule has 1 aliphatic carbocycles. The number of pyridine rings is 1. The van der Waals surface area contributed by atoms with E-state index in [1.165, 1.54) is 18.5 Å². The number of aromatic nitrogens is 9. The zero-order valence-electron chi connectivity index (χ0n) is 22.1. The third-order valence-electron chi connectivity index (χ3n) is 7.36. The van der Waals surface area contributed by atoms with Gasteiger partial charge in [-0.2, -0.15) is 10.2 Å². The Balaban J connectivity index is 1.45. The van der Waals surface area contributed by atoms with Crippen molar-refractivity contribution in [1.82, 2.24) is 44.3 Å². The Labute approximate surface area is 219 Å². The van der Waals surface area contributed by atoms with Crippen LogP contribution in [0.1, 0.15) is 49.9 Å². The van der Waals surface area contributed by atoms with Crippen LogP contribution >= 0.6 is 0 Å². The molecule has 0 saturated heterocycles. The van der Waals surface area contributed by atoms with E-state index in [0.717, 1.165) is 56.0 Å². The van der Waals surface area contributed by atoms with Crippen molar-refractivity contribution in [2.24, 2.45) is 14.1 Å². The standard InChI is InChI=1S/C28H29N9O/c1-15(2)23-19(11-17-13-35(3)34-26(17)30-23)27-31-24(25(36(27)4)16-9-10-16)18-7-6-8-21-20(18)14-37(33-21)22-12-29-32-28(22)38-5/h6-8,11-16H,9-10H2,1-5H3,(H,29,32). The van der Waals surface area contributed by atoms with Crippen LogP contribution in [0.3, 0.4) is 0 Å². The Bertz CT molecular complexity index is 1830. The average Bonchev–Trinajstić information content (AvgIpc) is 3.24. The van der Waals surface area contributed by atoms with Gasteiger partial charge in [0.1, 0.15) is 11.5 Å². The van der Waals surface area contributed by atoms with Gasteiger partial charge < -0.3 is 9.30 Å². The molecule has 1 N–H and O–H groups in total.